The fraction of sp³-hybridized carbons (Fsp3) is 0.360. The lowest BCUT2D eigenvalue weighted by atomic mass is 9.96. The van der Waals surface area contributed by atoms with Gasteiger partial charge in [0, 0.05) is 34.8 Å². The summed E-state index contributed by atoms with van der Waals surface area (Å²) in [5.74, 6) is 0. The third-order valence-corrected chi connectivity index (χ3v) is 6.74. The minimum atomic E-state index is 0.0139. The first-order valence-corrected chi connectivity index (χ1v) is 11.6. The molecule has 3 aromatic rings. The Labute approximate surface area is 195 Å². The Morgan fingerprint density at radius 2 is 1.94 bits per heavy atom. The number of aromatic nitrogens is 2. The van der Waals surface area contributed by atoms with E-state index in [9.17, 15) is 0 Å². The zero-order chi connectivity index (χ0) is 22.1. The van der Waals surface area contributed by atoms with E-state index in [2.05, 4.69) is 65.7 Å². The molecule has 0 aliphatic carbocycles. The van der Waals surface area contributed by atoms with E-state index in [-0.39, 0.29) is 12.1 Å². The topological polar surface area (TPSA) is 33.1 Å². The van der Waals surface area contributed by atoms with Crippen LogP contribution in [-0.4, -0.2) is 26.1 Å². The van der Waals surface area contributed by atoms with Gasteiger partial charge in [-0.25, -0.2) is 0 Å². The van der Waals surface area contributed by atoms with Gasteiger partial charge in [0.25, 0.3) is 0 Å². The number of thiocarbonyl (C=S) groups is 1. The van der Waals surface area contributed by atoms with Gasteiger partial charge in [0.05, 0.1) is 17.8 Å². The monoisotopic (exact) mass is 452 g/mol. The Balaban J connectivity index is 1.84. The number of nitrogens with zero attached hydrogens (tertiary/aromatic N) is 3. The van der Waals surface area contributed by atoms with Crippen LogP contribution < -0.4 is 5.32 Å². The first kappa shape index (κ1) is 21.8. The Hall–Kier alpha value is -2.37. The van der Waals surface area contributed by atoms with Gasteiger partial charge < -0.3 is 14.8 Å². The summed E-state index contributed by atoms with van der Waals surface area (Å²) in [5, 5.41) is 5.11. The molecule has 3 heterocycles. The molecule has 4 rings (SSSR count). The molecule has 1 saturated heterocycles. The zero-order valence-corrected chi connectivity index (χ0v) is 20.1. The van der Waals surface area contributed by atoms with Crippen molar-refractivity contribution < 1.29 is 0 Å². The molecule has 1 fully saturated rings. The van der Waals surface area contributed by atoms with Crippen LogP contribution in [0.3, 0.4) is 0 Å². The van der Waals surface area contributed by atoms with Gasteiger partial charge in [-0.05, 0) is 80.9 Å². The highest BCUT2D eigenvalue weighted by Gasteiger charge is 2.41. The second-order valence-electron chi connectivity index (χ2n) is 8.27. The van der Waals surface area contributed by atoms with E-state index in [4.69, 9.17) is 23.8 Å². The molecule has 0 bridgehead atoms. The number of pyridine rings is 1. The normalized spacial score (nSPS) is 18.5. The van der Waals surface area contributed by atoms with Crippen molar-refractivity contribution in [3.63, 3.8) is 0 Å². The van der Waals surface area contributed by atoms with Crippen molar-refractivity contribution in [2.24, 2.45) is 0 Å². The zero-order valence-electron chi connectivity index (χ0n) is 18.5. The van der Waals surface area contributed by atoms with Gasteiger partial charge in [0.1, 0.15) is 0 Å². The molecular weight excluding hydrogens is 424 g/mol. The third-order valence-electron chi connectivity index (χ3n) is 6.15. The molecule has 1 N–H and O–H groups in total. The van der Waals surface area contributed by atoms with Gasteiger partial charge in [0.2, 0.25) is 0 Å². The van der Waals surface area contributed by atoms with Crippen molar-refractivity contribution in [2.45, 2.75) is 52.6 Å². The molecule has 2 aromatic heterocycles. The highest BCUT2D eigenvalue weighted by molar-refractivity contribution is 7.80. The first-order valence-electron chi connectivity index (χ1n) is 10.9. The van der Waals surface area contributed by atoms with Crippen LogP contribution in [0.5, 0.6) is 0 Å². The first-order chi connectivity index (χ1) is 14.9. The lowest BCUT2D eigenvalue weighted by Gasteiger charge is -2.28. The van der Waals surface area contributed by atoms with Crippen molar-refractivity contribution >= 4 is 28.9 Å². The van der Waals surface area contributed by atoms with E-state index < -0.39 is 0 Å². The molecule has 0 unspecified atom stereocenters. The van der Waals surface area contributed by atoms with Crippen LogP contribution in [0.15, 0.2) is 48.7 Å². The largest absolute Gasteiger partial charge is 0.352 e. The van der Waals surface area contributed by atoms with E-state index in [0.29, 0.717) is 0 Å². The molecule has 0 saturated carbocycles. The molecule has 6 heteroatoms. The number of unbranched alkanes of at least 4 members (excludes halogenated alkanes) is 1. The molecule has 0 spiro atoms. The van der Waals surface area contributed by atoms with E-state index in [1.54, 1.807) is 0 Å². The Morgan fingerprint density at radius 3 is 2.65 bits per heavy atom. The third kappa shape index (κ3) is 4.09. The quantitative estimate of drug-likeness (QED) is 0.450. The fourth-order valence-corrected chi connectivity index (χ4v) is 5.09. The summed E-state index contributed by atoms with van der Waals surface area (Å²) < 4.78 is 2.31. The molecular formula is C25H29ClN4S. The van der Waals surface area contributed by atoms with Crippen LogP contribution in [0.2, 0.25) is 5.02 Å². The highest BCUT2D eigenvalue weighted by Crippen LogP contribution is 2.41. The number of hydrogen-bond acceptors (Lipinski definition) is 2. The molecule has 1 aliphatic rings. The maximum Gasteiger partial charge on any atom is 0.170 e. The van der Waals surface area contributed by atoms with Crippen molar-refractivity contribution in [1.29, 1.82) is 0 Å². The smallest absolute Gasteiger partial charge is 0.170 e. The van der Waals surface area contributed by atoms with Crippen LogP contribution in [0.25, 0.3) is 5.69 Å². The van der Waals surface area contributed by atoms with Crippen LogP contribution >= 0.6 is 23.8 Å². The van der Waals surface area contributed by atoms with Crippen LogP contribution in [0.1, 0.15) is 60.1 Å². The SMILES string of the molecule is CCCCN1C(=S)N[C@H](c2ccccn2)[C@H]1c1cc(C)n(-c2cc(Cl)ccc2C)c1C. The number of nitrogens with one attached hydrogen (secondary N) is 1. The Kier molecular flexibility index (Phi) is 6.35. The van der Waals surface area contributed by atoms with Crippen LogP contribution in [-0.2, 0) is 0 Å². The van der Waals surface area contributed by atoms with E-state index in [0.717, 1.165) is 40.9 Å². The van der Waals surface area contributed by atoms with Gasteiger partial charge in [-0.1, -0.05) is 37.1 Å². The molecule has 1 aromatic carbocycles. The summed E-state index contributed by atoms with van der Waals surface area (Å²) in [6.07, 6.45) is 4.07. The van der Waals surface area contributed by atoms with Crippen LogP contribution in [0.4, 0.5) is 0 Å². The van der Waals surface area contributed by atoms with E-state index in [1.807, 2.05) is 30.5 Å². The second-order valence-corrected chi connectivity index (χ2v) is 9.09. The molecule has 162 valence electrons. The lowest BCUT2D eigenvalue weighted by Crippen LogP contribution is -2.30. The van der Waals surface area contributed by atoms with Crippen molar-refractivity contribution in [3.05, 3.63) is 81.9 Å². The minimum absolute atomic E-state index is 0.0139. The highest BCUT2D eigenvalue weighted by atomic mass is 35.5. The average Bonchev–Trinajstić information content (AvgIpc) is 3.24. The van der Waals surface area contributed by atoms with Gasteiger partial charge in [-0.15, -0.1) is 0 Å². The summed E-state index contributed by atoms with van der Waals surface area (Å²) >= 11 is 12.1. The molecule has 0 radical (unpaired) electrons. The summed E-state index contributed by atoms with van der Waals surface area (Å²) in [6.45, 7) is 9.61. The van der Waals surface area contributed by atoms with Gasteiger partial charge in [-0.2, -0.15) is 0 Å². The Bertz CT molecular complexity index is 1090. The predicted molar refractivity (Wildman–Crippen MR) is 132 cm³/mol. The number of rotatable bonds is 6. The van der Waals surface area contributed by atoms with Gasteiger partial charge in [0.15, 0.2) is 5.11 Å². The average molecular weight is 453 g/mol. The maximum atomic E-state index is 6.35. The number of halogens is 1. The van der Waals surface area contributed by atoms with Gasteiger partial charge >= 0.3 is 0 Å². The molecule has 1 aliphatic heterocycles. The fourth-order valence-electron chi connectivity index (χ4n) is 4.59. The van der Waals surface area contributed by atoms with E-state index in [1.165, 1.54) is 22.5 Å². The summed E-state index contributed by atoms with van der Waals surface area (Å²) in [7, 11) is 0. The van der Waals surface area contributed by atoms with Crippen molar-refractivity contribution in [3.8, 4) is 5.69 Å². The van der Waals surface area contributed by atoms with Crippen LogP contribution in [0, 0.1) is 20.8 Å². The standard InChI is InChI=1S/C25H29ClN4S/c1-5-6-13-29-24(23(28-25(29)31)21-9-7-8-12-27-21)20-14-17(3)30(18(20)4)22-15-19(26)11-10-16(22)2/h7-12,14-15,23-24H,5-6,13H2,1-4H3,(H,28,31)/t23-,24-/m1/s1. The lowest BCUT2D eigenvalue weighted by molar-refractivity contribution is 0.312. The number of hydrogen-bond donors (Lipinski definition) is 1. The Morgan fingerprint density at radius 1 is 1.13 bits per heavy atom. The summed E-state index contributed by atoms with van der Waals surface area (Å²) in [6, 6.07) is 14.5. The maximum absolute atomic E-state index is 6.35. The van der Waals surface area contributed by atoms with E-state index >= 15 is 0 Å². The number of benzene rings is 1. The minimum Gasteiger partial charge on any atom is -0.352 e. The van der Waals surface area contributed by atoms with Crippen molar-refractivity contribution in [1.82, 2.24) is 19.8 Å². The molecule has 31 heavy (non-hydrogen) atoms. The number of aryl methyl sites for hydroxylation is 2. The second kappa shape index (κ2) is 9.01. The molecule has 0 amide bonds. The summed E-state index contributed by atoms with van der Waals surface area (Å²) in [4.78, 5) is 7.00. The molecule has 4 nitrogen and oxygen atoms in total. The predicted octanol–water partition coefficient (Wildman–Crippen LogP) is 6.22. The van der Waals surface area contributed by atoms with Crippen molar-refractivity contribution in [2.75, 3.05) is 6.54 Å². The van der Waals surface area contributed by atoms with Gasteiger partial charge in [-0.3, -0.25) is 4.98 Å². The molecule has 2 atom stereocenters. The summed E-state index contributed by atoms with van der Waals surface area (Å²) in [5.41, 5.74) is 7.00.